The summed E-state index contributed by atoms with van der Waals surface area (Å²) in [6.45, 7) is 13.6. The number of nitrogens with zero attached hydrogens (tertiary/aromatic N) is 2. The average molecular weight is 473 g/mol. The van der Waals surface area contributed by atoms with Crippen LogP contribution in [0.1, 0.15) is 106 Å². The number of rotatable bonds is 9. The maximum Gasteiger partial charge on any atom is 0.168 e. The lowest BCUT2D eigenvalue weighted by molar-refractivity contribution is -0.118. The molecule has 34 heavy (non-hydrogen) atoms. The number of carbonyl (C=O) groups excluding carboxylic acids is 2. The van der Waals surface area contributed by atoms with Crippen LogP contribution in [0.2, 0.25) is 0 Å². The van der Waals surface area contributed by atoms with Gasteiger partial charge in [-0.25, -0.2) is 0 Å². The van der Waals surface area contributed by atoms with Crippen LogP contribution in [0, 0.1) is 10.8 Å². The van der Waals surface area contributed by atoms with E-state index in [0.717, 1.165) is 24.3 Å². The van der Waals surface area contributed by atoms with Gasteiger partial charge in [-0.2, -0.15) is 0 Å². The minimum Gasteiger partial charge on any atom is -0.511 e. The largest absolute Gasteiger partial charge is 0.511 e. The van der Waals surface area contributed by atoms with Crippen LogP contribution < -0.4 is 0 Å². The molecule has 0 unspecified atom stereocenters. The molecule has 2 saturated carbocycles. The van der Waals surface area contributed by atoms with Crippen LogP contribution in [-0.4, -0.2) is 46.3 Å². The summed E-state index contributed by atoms with van der Waals surface area (Å²) in [5, 5.41) is 21.5. The van der Waals surface area contributed by atoms with E-state index in [1.165, 1.54) is 0 Å². The second-order valence-corrected chi connectivity index (χ2v) is 11.4. The van der Waals surface area contributed by atoms with E-state index in [1.807, 2.05) is 13.8 Å². The van der Waals surface area contributed by atoms with Crippen molar-refractivity contribution in [3.8, 4) is 0 Å². The van der Waals surface area contributed by atoms with Gasteiger partial charge in [-0.3, -0.25) is 19.6 Å². The predicted molar refractivity (Wildman–Crippen MR) is 139 cm³/mol. The van der Waals surface area contributed by atoms with Crippen LogP contribution >= 0.6 is 0 Å². The third-order valence-corrected chi connectivity index (χ3v) is 6.41. The Balaban J connectivity index is 2.10. The van der Waals surface area contributed by atoms with Crippen LogP contribution in [0.4, 0.5) is 0 Å². The molecule has 2 aliphatic carbocycles. The number of unbranched alkanes of at least 4 members (excludes halogenated alkanes) is 1. The molecule has 2 N–H and O–H groups in total. The van der Waals surface area contributed by atoms with Crippen molar-refractivity contribution in [2.75, 3.05) is 13.1 Å². The summed E-state index contributed by atoms with van der Waals surface area (Å²) in [7, 11) is 0. The highest BCUT2D eigenvalue weighted by atomic mass is 16.3. The minimum absolute atomic E-state index is 0.0410. The number of carbonyl (C=O) groups is 2. The lowest BCUT2D eigenvalue weighted by Gasteiger charge is -2.31. The lowest BCUT2D eigenvalue weighted by Crippen LogP contribution is -2.33. The van der Waals surface area contributed by atoms with Gasteiger partial charge < -0.3 is 10.2 Å². The van der Waals surface area contributed by atoms with E-state index < -0.39 is 0 Å². The van der Waals surface area contributed by atoms with Gasteiger partial charge in [0.2, 0.25) is 0 Å². The Morgan fingerprint density at radius 1 is 0.706 bits per heavy atom. The third kappa shape index (κ3) is 7.64. The molecule has 6 heteroatoms. The molecule has 2 fully saturated rings. The first-order chi connectivity index (χ1) is 15.9. The fourth-order valence-electron chi connectivity index (χ4n) is 4.83. The number of hydrogen-bond acceptors (Lipinski definition) is 6. The molecular weight excluding hydrogens is 428 g/mol. The quantitative estimate of drug-likeness (QED) is 0.223. The standard InChI is InChI=1S/C28H44N2O4/c1-7-13-29-19-15-27(3,4)17-23(33)25(19)21(31)11-9-10-12-22(32)26-20(30-14-8-2)16-28(5,6)18-24(26)34/h31-32H,7-18H2,1-6H3/b25-21+,26-22+,29-19?,30-20?. The van der Waals surface area contributed by atoms with Crippen molar-refractivity contribution in [3.63, 3.8) is 0 Å². The molecule has 0 aliphatic heterocycles. The molecule has 0 aromatic carbocycles. The smallest absolute Gasteiger partial charge is 0.168 e. The van der Waals surface area contributed by atoms with E-state index in [-0.39, 0.29) is 33.9 Å². The van der Waals surface area contributed by atoms with Crippen LogP contribution in [0.3, 0.4) is 0 Å². The van der Waals surface area contributed by atoms with Gasteiger partial charge in [0.25, 0.3) is 0 Å². The molecule has 190 valence electrons. The maximum atomic E-state index is 12.8. The molecule has 0 bridgehead atoms. The zero-order valence-electron chi connectivity index (χ0n) is 22.1. The highest BCUT2D eigenvalue weighted by Crippen LogP contribution is 2.37. The van der Waals surface area contributed by atoms with Crippen LogP contribution in [-0.2, 0) is 9.59 Å². The van der Waals surface area contributed by atoms with E-state index in [9.17, 15) is 19.8 Å². The zero-order valence-corrected chi connectivity index (χ0v) is 22.1. The molecule has 6 nitrogen and oxygen atoms in total. The molecule has 2 aliphatic rings. The monoisotopic (exact) mass is 472 g/mol. The molecule has 0 aromatic rings. The van der Waals surface area contributed by atoms with E-state index in [2.05, 4.69) is 37.7 Å². The number of ketones is 2. The van der Waals surface area contributed by atoms with Crippen molar-refractivity contribution in [1.82, 2.24) is 0 Å². The average Bonchev–Trinajstić information content (AvgIpc) is 2.71. The summed E-state index contributed by atoms with van der Waals surface area (Å²) < 4.78 is 0. The Morgan fingerprint density at radius 2 is 1.06 bits per heavy atom. The number of aliphatic imine (C=N–C) groups is 2. The fourth-order valence-corrected chi connectivity index (χ4v) is 4.83. The molecule has 0 radical (unpaired) electrons. The van der Waals surface area contributed by atoms with Gasteiger partial charge in [-0.15, -0.1) is 0 Å². The molecule has 0 saturated heterocycles. The van der Waals surface area contributed by atoms with E-state index in [4.69, 9.17) is 0 Å². The first kappa shape index (κ1) is 28.0. The molecule has 2 rings (SSSR count). The van der Waals surface area contributed by atoms with Crippen molar-refractivity contribution >= 4 is 23.0 Å². The van der Waals surface area contributed by atoms with E-state index in [0.29, 0.717) is 75.6 Å². The Bertz CT molecular complexity index is 829. The van der Waals surface area contributed by atoms with Gasteiger partial charge >= 0.3 is 0 Å². The molecular formula is C28H44N2O4. The van der Waals surface area contributed by atoms with Gasteiger partial charge in [0.1, 0.15) is 11.5 Å². The van der Waals surface area contributed by atoms with Crippen molar-refractivity contribution in [2.45, 2.75) is 106 Å². The highest BCUT2D eigenvalue weighted by molar-refractivity contribution is 6.25. The predicted octanol–water partition coefficient (Wildman–Crippen LogP) is 6.65. The Kier molecular flexibility index (Phi) is 9.84. The van der Waals surface area contributed by atoms with Crippen molar-refractivity contribution < 1.29 is 19.8 Å². The first-order valence-electron chi connectivity index (χ1n) is 12.9. The zero-order chi connectivity index (χ0) is 25.5. The number of allylic oxidation sites excluding steroid dienone is 4. The lowest BCUT2D eigenvalue weighted by atomic mass is 9.73. The first-order valence-corrected chi connectivity index (χ1v) is 12.9. The maximum absolute atomic E-state index is 12.8. The molecule has 0 amide bonds. The summed E-state index contributed by atoms with van der Waals surface area (Å²) in [4.78, 5) is 34.8. The molecule has 0 atom stereocenters. The van der Waals surface area contributed by atoms with Gasteiger partial charge in [-0.1, -0.05) is 41.5 Å². The van der Waals surface area contributed by atoms with E-state index >= 15 is 0 Å². The van der Waals surface area contributed by atoms with Crippen LogP contribution in [0.25, 0.3) is 0 Å². The topological polar surface area (TPSA) is 99.3 Å². The van der Waals surface area contributed by atoms with Gasteiger partial charge in [0.15, 0.2) is 11.6 Å². The second-order valence-electron chi connectivity index (χ2n) is 11.4. The van der Waals surface area contributed by atoms with Gasteiger partial charge in [0, 0.05) is 50.2 Å². The summed E-state index contributed by atoms with van der Waals surface area (Å²) in [5.74, 6) is 0.118. The highest BCUT2D eigenvalue weighted by Gasteiger charge is 2.37. The summed E-state index contributed by atoms with van der Waals surface area (Å²) >= 11 is 0. The number of hydrogen-bond donors (Lipinski definition) is 2. The van der Waals surface area contributed by atoms with Crippen molar-refractivity contribution in [1.29, 1.82) is 0 Å². The van der Waals surface area contributed by atoms with Crippen molar-refractivity contribution in [3.05, 3.63) is 22.7 Å². The van der Waals surface area contributed by atoms with Crippen molar-refractivity contribution in [2.24, 2.45) is 20.8 Å². The van der Waals surface area contributed by atoms with E-state index in [1.54, 1.807) is 0 Å². The van der Waals surface area contributed by atoms with Gasteiger partial charge in [0.05, 0.1) is 11.1 Å². The summed E-state index contributed by atoms with van der Waals surface area (Å²) in [6, 6.07) is 0. The number of aliphatic hydroxyl groups excluding tert-OH is 2. The second kappa shape index (κ2) is 11.9. The molecule has 0 aromatic heterocycles. The Labute approximate surface area is 205 Å². The molecule has 0 heterocycles. The normalized spacial score (nSPS) is 25.7. The van der Waals surface area contributed by atoms with Crippen LogP contribution in [0.5, 0.6) is 0 Å². The minimum atomic E-state index is -0.149. The molecule has 0 spiro atoms. The summed E-state index contributed by atoms with van der Waals surface area (Å²) in [6.07, 6.45) is 5.87. The number of Topliss-reactive ketones (excluding diaryl/α,β-unsaturated/α-hetero) is 2. The fraction of sp³-hybridized carbons (Fsp3) is 0.714. The number of aliphatic hydroxyl groups is 2. The Hall–Kier alpha value is -2.24. The summed E-state index contributed by atoms with van der Waals surface area (Å²) in [5.41, 5.74) is 1.94. The Morgan fingerprint density at radius 3 is 1.38 bits per heavy atom. The third-order valence-electron chi connectivity index (χ3n) is 6.41. The van der Waals surface area contributed by atoms with Gasteiger partial charge in [-0.05, 0) is 49.4 Å². The van der Waals surface area contributed by atoms with Crippen LogP contribution in [0.15, 0.2) is 32.6 Å². The SMILES string of the molecule is CCCN=C1CC(C)(C)CC(=O)/C1=C(/O)CCCC/C(O)=C1\C(=O)CC(C)(C)CC1=NCCC.